The minimum absolute atomic E-state index is 0.0180. The Kier molecular flexibility index (Phi) is 4.06. The van der Waals surface area contributed by atoms with Crippen LogP contribution >= 0.6 is 0 Å². The summed E-state index contributed by atoms with van der Waals surface area (Å²) < 4.78 is 0. The molecular weight excluding hydrogens is 174 g/mol. The molecule has 0 bridgehead atoms. The van der Waals surface area contributed by atoms with Gasteiger partial charge in [0.05, 0.1) is 12.0 Å². The zero-order valence-electron chi connectivity index (χ0n) is 8.48. The molecule has 0 spiro atoms. The lowest BCUT2D eigenvalue weighted by Gasteiger charge is -2.06. The summed E-state index contributed by atoms with van der Waals surface area (Å²) in [6.07, 6.45) is 6.63. The van der Waals surface area contributed by atoms with Crippen LogP contribution in [0.25, 0.3) is 0 Å². The first-order valence-corrected chi connectivity index (χ1v) is 4.81. The van der Waals surface area contributed by atoms with Crippen molar-refractivity contribution in [3.63, 3.8) is 0 Å². The van der Waals surface area contributed by atoms with Crippen molar-refractivity contribution >= 4 is 13.1 Å². The third-order valence-corrected chi connectivity index (χ3v) is 2.40. The van der Waals surface area contributed by atoms with Gasteiger partial charge in [-0.2, -0.15) is 5.26 Å². The summed E-state index contributed by atoms with van der Waals surface area (Å²) in [4.78, 5) is 7.42. The highest BCUT2D eigenvalue weighted by atomic mass is 14.8. The van der Waals surface area contributed by atoms with Crippen molar-refractivity contribution in [3.8, 4) is 6.07 Å². The molecule has 0 aromatic rings. The first kappa shape index (κ1) is 10.6. The summed E-state index contributed by atoms with van der Waals surface area (Å²) in [5.74, 6) is 0.786. The molecule has 14 heavy (non-hydrogen) atoms. The van der Waals surface area contributed by atoms with E-state index in [1.165, 1.54) is 19.2 Å². The zero-order valence-corrected chi connectivity index (χ0v) is 8.48. The third-order valence-electron chi connectivity index (χ3n) is 2.40. The minimum atomic E-state index is 0.0180. The first-order valence-electron chi connectivity index (χ1n) is 4.81. The van der Waals surface area contributed by atoms with E-state index in [1.54, 1.807) is 6.20 Å². The second-order valence-corrected chi connectivity index (χ2v) is 3.68. The van der Waals surface area contributed by atoms with Gasteiger partial charge in [-0.3, -0.25) is 4.99 Å². The molecule has 1 rings (SSSR count). The summed E-state index contributed by atoms with van der Waals surface area (Å²) in [7, 11) is 0. The molecule has 0 radical (unpaired) electrons. The summed E-state index contributed by atoms with van der Waals surface area (Å²) in [6, 6.07) is 2.31. The van der Waals surface area contributed by atoms with E-state index in [2.05, 4.69) is 22.8 Å². The smallest absolute Gasteiger partial charge is 0.114 e. The molecule has 0 aromatic heterocycles. The van der Waals surface area contributed by atoms with E-state index in [0.717, 1.165) is 17.9 Å². The molecule has 0 aromatic carbocycles. The molecule has 1 aliphatic carbocycles. The van der Waals surface area contributed by atoms with Crippen LogP contribution in [0, 0.1) is 23.2 Å². The Hall–Kier alpha value is -1.43. The Labute approximate surface area is 84.9 Å². The lowest BCUT2D eigenvalue weighted by molar-refractivity contribution is 0.621. The molecule has 1 aliphatic rings. The SMILES string of the molecule is C=N/C=N\C=C(/C)C(C#N)CC1CC1. The quantitative estimate of drug-likeness (QED) is 0.484. The van der Waals surface area contributed by atoms with E-state index < -0.39 is 0 Å². The largest absolute Gasteiger partial charge is 0.253 e. The standard InChI is InChI=1S/C11H15N3/c1-9(7-14-8-13-2)11(6-12)5-10-3-4-10/h7-8,10-11H,2-5H2,1H3/b9-7+,14-8-. The minimum Gasteiger partial charge on any atom is -0.253 e. The molecule has 0 saturated heterocycles. The number of nitriles is 1. The maximum atomic E-state index is 8.95. The van der Waals surface area contributed by atoms with Gasteiger partial charge in [0, 0.05) is 6.20 Å². The summed E-state index contributed by atoms with van der Waals surface area (Å²) in [5, 5.41) is 8.95. The number of rotatable bonds is 5. The van der Waals surface area contributed by atoms with Crippen LogP contribution in [0.2, 0.25) is 0 Å². The highest BCUT2D eigenvalue weighted by Crippen LogP contribution is 2.36. The second-order valence-electron chi connectivity index (χ2n) is 3.68. The fraction of sp³-hybridized carbons (Fsp3) is 0.545. The fourth-order valence-corrected chi connectivity index (χ4v) is 1.32. The van der Waals surface area contributed by atoms with Crippen LogP contribution in [-0.2, 0) is 0 Å². The van der Waals surface area contributed by atoms with Gasteiger partial charge in [-0.05, 0) is 31.6 Å². The Morgan fingerprint density at radius 2 is 2.43 bits per heavy atom. The molecule has 3 nitrogen and oxygen atoms in total. The number of hydrogen-bond donors (Lipinski definition) is 0. The maximum absolute atomic E-state index is 8.95. The average molecular weight is 189 g/mol. The Bertz CT molecular complexity index is 292. The molecule has 1 fully saturated rings. The molecule has 3 heteroatoms. The molecule has 1 atom stereocenters. The van der Waals surface area contributed by atoms with Gasteiger partial charge in [0.15, 0.2) is 0 Å². The van der Waals surface area contributed by atoms with Gasteiger partial charge in [0.2, 0.25) is 0 Å². The van der Waals surface area contributed by atoms with Crippen molar-refractivity contribution in [2.45, 2.75) is 26.2 Å². The van der Waals surface area contributed by atoms with E-state index in [4.69, 9.17) is 5.26 Å². The van der Waals surface area contributed by atoms with Crippen molar-refractivity contribution < 1.29 is 0 Å². The Morgan fingerprint density at radius 3 is 2.93 bits per heavy atom. The van der Waals surface area contributed by atoms with Crippen LogP contribution in [0.1, 0.15) is 26.2 Å². The molecule has 0 aliphatic heterocycles. The molecule has 0 N–H and O–H groups in total. The summed E-state index contributed by atoms with van der Waals surface area (Å²) in [5.41, 5.74) is 1.01. The molecule has 74 valence electrons. The van der Waals surface area contributed by atoms with Crippen LogP contribution in [0.5, 0.6) is 0 Å². The van der Waals surface area contributed by atoms with Crippen molar-refractivity contribution in [3.05, 3.63) is 11.8 Å². The van der Waals surface area contributed by atoms with Crippen LogP contribution in [0.3, 0.4) is 0 Å². The van der Waals surface area contributed by atoms with Crippen LogP contribution in [0.4, 0.5) is 0 Å². The van der Waals surface area contributed by atoms with Crippen LogP contribution in [-0.4, -0.2) is 13.1 Å². The third kappa shape index (κ3) is 3.53. The average Bonchev–Trinajstić information content (AvgIpc) is 2.98. The van der Waals surface area contributed by atoms with E-state index in [0.29, 0.717) is 0 Å². The van der Waals surface area contributed by atoms with Crippen molar-refractivity contribution in [2.75, 3.05) is 0 Å². The van der Waals surface area contributed by atoms with Crippen LogP contribution < -0.4 is 0 Å². The monoisotopic (exact) mass is 189 g/mol. The van der Waals surface area contributed by atoms with Gasteiger partial charge in [-0.1, -0.05) is 12.8 Å². The first-order chi connectivity index (χ1) is 6.77. The van der Waals surface area contributed by atoms with Gasteiger partial charge in [-0.25, -0.2) is 4.99 Å². The van der Waals surface area contributed by atoms with Crippen molar-refractivity contribution in [2.24, 2.45) is 21.8 Å². The normalized spacial score (nSPS) is 19.3. The van der Waals surface area contributed by atoms with Crippen molar-refractivity contribution in [1.29, 1.82) is 5.26 Å². The van der Waals surface area contributed by atoms with E-state index in [9.17, 15) is 0 Å². The molecule has 0 amide bonds. The number of hydrogen-bond acceptors (Lipinski definition) is 2. The van der Waals surface area contributed by atoms with Gasteiger partial charge in [0.1, 0.15) is 6.34 Å². The summed E-state index contributed by atoms with van der Waals surface area (Å²) in [6.45, 7) is 5.23. The highest BCUT2D eigenvalue weighted by molar-refractivity contribution is 5.62. The van der Waals surface area contributed by atoms with E-state index in [1.807, 2.05) is 6.92 Å². The van der Waals surface area contributed by atoms with Gasteiger partial charge in [-0.15, -0.1) is 0 Å². The lowest BCUT2D eigenvalue weighted by atomic mass is 9.97. The Balaban J connectivity index is 2.49. The molecule has 0 heterocycles. The number of nitrogens with zero attached hydrogens (tertiary/aromatic N) is 3. The van der Waals surface area contributed by atoms with Crippen LogP contribution in [0.15, 0.2) is 21.8 Å². The predicted molar refractivity (Wildman–Crippen MR) is 58.2 cm³/mol. The molecule has 1 unspecified atom stereocenters. The van der Waals surface area contributed by atoms with Crippen molar-refractivity contribution in [1.82, 2.24) is 0 Å². The summed E-state index contributed by atoms with van der Waals surface area (Å²) >= 11 is 0. The molecular formula is C11H15N3. The second kappa shape index (κ2) is 5.33. The zero-order chi connectivity index (χ0) is 10.4. The number of aliphatic imine (C=N–C) groups is 2. The highest BCUT2D eigenvalue weighted by Gasteiger charge is 2.25. The van der Waals surface area contributed by atoms with E-state index in [-0.39, 0.29) is 5.92 Å². The van der Waals surface area contributed by atoms with Gasteiger partial charge < -0.3 is 0 Å². The van der Waals surface area contributed by atoms with E-state index >= 15 is 0 Å². The van der Waals surface area contributed by atoms with Gasteiger partial charge >= 0.3 is 0 Å². The topological polar surface area (TPSA) is 48.5 Å². The number of allylic oxidation sites excluding steroid dienone is 1. The molecule has 1 saturated carbocycles. The Morgan fingerprint density at radius 1 is 1.71 bits per heavy atom. The predicted octanol–water partition coefficient (Wildman–Crippen LogP) is 2.56. The van der Waals surface area contributed by atoms with Gasteiger partial charge in [0.25, 0.3) is 0 Å². The fourth-order valence-electron chi connectivity index (χ4n) is 1.32. The lowest BCUT2D eigenvalue weighted by Crippen LogP contribution is -1.99. The maximum Gasteiger partial charge on any atom is 0.114 e.